The number of aromatic amines is 2. The van der Waals surface area contributed by atoms with E-state index in [4.69, 9.17) is 28.3 Å². The first-order chi connectivity index (χ1) is 22.4. The molecule has 2 aliphatic heterocycles. The molecule has 1 unspecified atom stereocenters. The van der Waals surface area contributed by atoms with Crippen LogP contribution in [0.3, 0.4) is 0 Å². The van der Waals surface area contributed by atoms with Gasteiger partial charge in [0.15, 0.2) is 6.23 Å². The number of aromatic nitrogens is 4. The molecule has 1 amide bonds. The molecule has 0 aliphatic carbocycles. The highest BCUT2D eigenvalue weighted by Crippen LogP contribution is 2.49. The van der Waals surface area contributed by atoms with E-state index in [9.17, 15) is 48.2 Å². The van der Waals surface area contributed by atoms with E-state index in [1.165, 1.54) is 6.92 Å². The standard InChI is InChI=1S/C24H35N5O17P2/c1-3-4-25-16(30)5-12-8-29(24(36)27-21(12)34)22-19(32)18(31)15(45-22)10-43-48(40,41)46-13-6-17(44-14(13)9-42-47(37,38)39)28-7-11(2)20(33)26-23(28)35/h7-8,13-15,17-19,22,31-32H,3-6,9-10H2,1-2H3,(H,25,30)(H,40,41)(H,26,33,35)(H,27,34,36)(H2,37,38,39)/t13-,14+,15+,17+,18+,19+,22+/m0/s1. The summed E-state index contributed by atoms with van der Waals surface area (Å²) in [6.45, 7) is 1.78. The average Bonchev–Trinajstić information content (AvgIpc) is 3.51. The fourth-order valence-corrected chi connectivity index (χ4v) is 6.21. The summed E-state index contributed by atoms with van der Waals surface area (Å²) in [6, 6.07) is 0. The Morgan fingerprint density at radius 3 is 2.27 bits per heavy atom. The van der Waals surface area contributed by atoms with Crippen molar-refractivity contribution >= 4 is 21.6 Å². The third-order valence-corrected chi connectivity index (χ3v) is 8.79. The van der Waals surface area contributed by atoms with Gasteiger partial charge in [0, 0.05) is 36.5 Å². The Bertz CT molecular complexity index is 1820. The molecule has 22 nitrogen and oxygen atoms in total. The number of nitrogens with zero attached hydrogens (tertiary/aromatic N) is 2. The van der Waals surface area contributed by atoms with Crippen molar-refractivity contribution in [3.05, 3.63) is 65.2 Å². The number of hydrogen-bond acceptors (Lipinski definition) is 14. The van der Waals surface area contributed by atoms with E-state index in [-0.39, 0.29) is 17.5 Å². The molecule has 2 saturated heterocycles. The molecular weight excluding hydrogens is 692 g/mol. The first-order valence-electron chi connectivity index (χ1n) is 14.3. The molecule has 4 rings (SSSR count). The van der Waals surface area contributed by atoms with Gasteiger partial charge in [-0.1, -0.05) is 6.92 Å². The van der Waals surface area contributed by atoms with Gasteiger partial charge in [0.2, 0.25) is 5.91 Å². The van der Waals surface area contributed by atoms with Crippen LogP contribution in [0.25, 0.3) is 0 Å². The van der Waals surface area contributed by atoms with Crippen molar-refractivity contribution in [2.75, 3.05) is 19.8 Å². The summed E-state index contributed by atoms with van der Waals surface area (Å²) in [4.78, 5) is 93.8. The van der Waals surface area contributed by atoms with Gasteiger partial charge in [-0.15, -0.1) is 0 Å². The van der Waals surface area contributed by atoms with Crippen LogP contribution in [0.2, 0.25) is 0 Å². The largest absolute Gasteiger partial charge is 0.472 e. The smallest absolute Gasteiger partial charge is 0.387 e. The van der Waals surface area contributed by atoms with Crippen molar-refractivity contribution in [2.24, 2.45) is 0 Å². The minimum absolute atomic E-state index is 0.107. The lowest BCUT2D eigenvalue weighted by molar-refractivity contribution is -0.120. The van der Waals surface area contributed by atoms with Crippen LogP contribution in [0.4, 0.5) is 0 Å². The third-order valence-electron chi connectivity index (χ3n) is 7.29. The summed E-state index contributed by atoms with van der Waals surface area (Å²) in [7, 11) is -10.2. The van der Waals surface area contributed by atoms with Gasteiger partial charge in [-0.05, 0) is 13.3 Å². The van der Waals surface area contributed by atoms with Gasteiger partial charge in [0.25, 0.3) is 11.1 Å². The maximum atomic E-state index is 12.9. The van der Waals surface area contributed by atoms with Crippen LogP contribution in [-0.2, 0) is 43.4 Å². The van der Waals surface area contributed by atoms with Gasteiger partial charge < -0.3 is 39.7 Å². The molecule has 2 aromatic heterocycles. The molecule has 268 valence electrons. The number of H-pyrrole nitrogens is 2. The Labute approximate surface area is 269 Å². The Balaban J connectivity index is 1.46. The number of phosphoric acid groups is 2. The van der Waals surface area contributed by atoms with E-state index in [0.29, 0.717) is 13.0 Å². The molecule has 0 saturated carbocycles. The van der Waals surface area contributed by atoms with Crippen LogP contribution in [0.1, 0.15) is 43.3 Å². The maximum Gasteiger partial charge on any atom is 0.472 e. The van der Waals surface area contributed by atoms with Crippen molar-refractivity contribution in [3.8, 4) is 0 Å². The first kappa shape index (κ1) is 37.7. The molecule has 0 aromatic carbocycles. The Kier molecular flexibility index (Phi) is 11.9. The number of hydrogen-bond donors (Lipinski definition) is 8. The Hall–Kier alpha value is -3.11. The lowest BCUT2D eigenvalue weighted by Crippen LogP contribution is -2.39. The molecule has 48 heavy (non-hydrogen) atoms. The zero-order chi connectivity index (χ0) is 35.6. The van der Waals surface area contributed by atoms with Crippen LogP contribution in [0.5, 0.6) is 0 Å². The van der Waals surface area contributed by atoms with Crippen molar-refractivity contribution in [1.29, 1.82) is 0 Å². The summed E-state index contributed by atoms with van der Waals surface area (Å²) in [6.07, 6.45) is -9.03. The maximum absolute atomic E-state index is 12.9. The fourth-order valence-electron chi connectivity index (χ4n) is 4.91. The number of aliphatic hydroxyl groups is 2. The van der Waals surface area contributed by atoms with E-state index in [2.05, 4.69) is 9.84 Å². The number of aryl methyl sites for hydroxylation is 1. The lowest BCUT2D eigenvalue weighted by Gasteiger charge is -2.22. The van der Waals surface area contributed by atoms with Crippen molar-refractivity contribution in [1.82, 2.24) is 24.4 Å². The predicted octanol–water partition coefficient (Wildman–Crippen LogP) is -3.02. The molecule has 2 aliphatic rings. The second-order valence-electron chi connectivity index (χ2n) is 10.9. The number of carbonyl (C=O) groups excluding carboxylic acids is 1. The van der Waals surface area contributed by atoms with Crippen LogP contribution >= 0.6 is 15.6 Å². The monoisotopic (exact) mass is 727 g/mol. The highest BCUT2D eigenvalue weighted by atomic mass is 31.2. The topological polar surface area (TPSA) is 320 Å². The van der Waals surface area contributed by atoms with Crippen LogP contribution in [0.15, 0.2) is 31.6 Å². The van der Waals surface area contributed by atoms with Gasteiger partial charge >= 0.3 is 27.0 Å². The number of ether oxygens (including phenoxy) is 2. The predicted molar refractivity (Wildman–Crippen MR) is 157 cm³/mol. The summed E-state index contributed by atoms with van der Waals surface area (Å²) in [5, 5.41) is 23.7. The molecule has 0 spiro atoms. The van der Waals surface area contributed by atoms with Crippen molar-refractivity contribution in [2.45, 2.75) is 76.1 Å². The van der Waals surface area contributed by atoms with Gasteiger partial charge in [-0.3, -0.25) is 47.1 Å². The molecular formula is C24H35N5O17P2. The van der Waals surface area contributed by atoms with Crippen molar-refractivity contribution in [3.63, 3.8) is 0 Å². The quantitative estimate of drug-likeness (QED) is 0.0898. The van der Waals surface area contributed by atoms with Crippen LogP contribution in [0, 0.1) is 6.92 Å². The first-order valence-corrected chi connectivity index (χ1v) is 17.4. The molecule has 4 heterocycles. The fraction of sp³-hybridized carbons (Fsp3) is 0.625. The van der Waals surface area contributed by atoms with Crippen LogP contribution < -0.4 is 27.8 Å². The molecule has 2 fully saturated rings. The third kappa shape index (κ3) is 9.31. The number of nitrogens with one attached hydrogen (secondary N) is 3. The van der Waals surface area contributed by atoms with E-state index < -0.39 is 107 Å². The van der Waals surface area contributed by atoms with E-state index in [0.717, 1.165) is 21.5 Å². The Morgan fingerprint density at radius 1 is 0.958 bits per heavy atom. The van der Waals surface area contributed by atoms with Crippen LogP contribution in [-0.4, -0.2) is 100 Å². The summed E-state index contributed by atoms with van der Waals surface area (Å²) in [5.41, 5.74) is -3.56. The van der Waals surface area contributed by atoms with Gasteiger partial charge in [0.1, 0.15) is 36.7 Å². The summed E-state index contributed by atoms with van der Waals surface area (Å²) in [5.74, 6) is -0.513. The number of rotatable bonds is 14. The summed E-state index contributed by atoms with van der Waals surface area (Å²) < 4.78 is 51.6. The second kappa shape index (κ2) is 15.2. The van der Waals surface area contributed by atoms with E-state index in [1.807, 2.05) is 16.9 Å². The lowest BCUT2D eigenvalue weighted by atomic mass is 10.1. The molecule has 8 N–H and O–H groups in total. The van der Waals surface area contributed by atoms with Crippen molar-refractivity contribution < 1.29 is 61.9 Å². The van der Waals surface area contributed by atoms with Gasteiger partial charge in [-0.25, -0.2) is 18.7 Å². The highest BCUT2D eigenvalue weighted by molar-refractivity contribution is 7.47. The minimum Gasteiger partial charge on any atom is -0.387 e. The molecule has 2 aromatic rings. The summed E-state index contributed by atoms with van der Waals surface area (Å²) >= 11 is 0. The SMILES string of the molecule is CCCNC(=O)Cc1cn([C@@H]2O[C@H](COP(=O)(O)O[C@H]3C[C@H](n4cc(C)c(=O)[nH]c4=O)O[C@@H]3COP(=O)(O)O)[C@@H](O)[C@H]2O)c(=O)[nH]c1=O. The van der Waals surface area contributed by atoms with E-state index >= 15 is 0 Å². The Morgan fingerprint density at radius 2 is 1.60 bits per heavy atom. The van der Waals surface area contributed by atoms with Gasteiger partial charge in [-0.2, -0.15) is 0 Å². The zero-order valence-electron chi connectivity index (χ0n) is 25.4. The second-order valence-corrected chi connectivity index (χ2v) is 13.6. The molecule has 0 radical (unpaired) electrons. The number of carbonyl (C=O) groups is 1. The molecule has 8 atom stereocenters. The highest BCUT2D eigenvalue weighted by Gasteiger charge is 2.47. The molecule has 0 bridgehead atoms. The average molecular weight is 728 g/mol. The van der Waals surface area contributed by atoms with Gasteiger partial charge in [0.05, 0.1) is 19.6 Å². The molecule has 24 heteroatoms. The van der Waals surface area contributed by atoms with E-state index in [1.54, 1.807) is 0 Å². The zero-order valence-corrected chi connectivity index (χ0v) is 27.2. The number of phosphoric ester groups is 2. The minimum atomic E-state index is -5.14. The number of amides is 1. The number of aliphatic hydroxyl groups excluding tert-OH is 2. The normalized spacial score (nSPS) is 27.2.